The SMILES string of the molecule is CC1=C(C)C(C)C([N-]C(C)(C)C)=C1C.C[Si](C)=[Hf+2].[Cl-].[Cl-]. The topological polar surface area (TPSA) is 14.1 Å². The summed E-state index contributed by atoms with van der Waals surface area (Å²) >= 11 is 1.45. The number of halogens is 2. The second-order valence-electron chi connectivity index (χ2n) is 6.32. The van der Waals surface area contributed by atoms with Crippen molar-refractivity contribution in [3.05, 3.63) is 27.7 Å². The third-order valence-electron chi connectivity index (χ3n) is 3.05. The van der Waals surface area contributed by atoms with Gasteiger partial charge in [-0.3, -0.25) is 0 Å². The van der Waals surface area contributed by atoms with Gasteiger partial charge >= 0.3 is 41.6 Å². The maximum Gasteiger partial charge on any atom is -1.00 e. The normalized spacial score (nSPS) is 17.9. The van der Waals surface area contributed by atoms with Crippen molar-refractivity contribution in [1.82, 2.24) is 0 Å². The largest absolute Gasteiger partial charge is 1.00 e. The van der Waals surface area contributed by atoms with Gasteiger partial charge in [0.05, 0.1) is 0 Å². The Morgan fingerprint density at radius 1 is 1.00 bits per heavy atom. The molecule has 0 spiro atoms. The maximum absolute atomic E-state index is 4.81. The van der Waals surface area contributed by atoms with Crippen molar-refractivity contribution < 1.29 is 47.8 Å². The average molecular weight is 500 g/mol. The zero-order valence-corrected chi connectivity index (χ0v) is 20.4. The first-order valence-electron chi connectivity index (χ1n) is 6.60. The van der Waals surface area contributed by atoms with Gasteiger partial charge in [0, 0.05) is 0 Å². The molecule has 0 fully saturated rings. The first-order valence-corrected chi connectivity index (χ1v) is 14.5. The Bertz CT molecular complexity index is 391. The van der Waals surface area contributed by atoms with Gasteiger partial charge in [-0.15, -0.1) is 5.54 Å². The van der Waals surface area contributed by atoms with E-state index in [0.717, 1.165) is 0 Å². The quantitative estimate of drug-likeness (QED) is 0.420. The molecule has 0 saturated heterocycles. The fraction of sp³-hybridized carbons (Fsp3) is 0.733. The smallest absolute Gasteiger partial charge is 1.00 e. The van der Waals surface area contributed by atoms with E-state index in [4.69, 9.17) is 5.32 Å². The van der Waals surface area contributed by atoms with Crippen LogP contribution in [0.3, 0.4) is 0 Å². The fourth-order valence-electron chi connectivity index (χ4n) is 1.88. The van der Waals surface area contributed by atoms with Crippen molar-refractivity contribution in [2.24, 2.45) is 5.92 Å². The van der Waals surface area contributed by atoms with Gasteiger partial charge in [-0.1, -0.05) is 44.4 Å². The molecule has 0 aromatic carbocycles. The summed E-state index contributed by atoms with van der Waals surface area (Å²) in [4.78, 5) is 0. The van der Waals surface area contributed by atoms with Crippen LogP contribution in [0.15, 0.2) is 22.4 Å². The molecule has 1 atom stereocenters. The molecule has 1 aliphatic carbocycles. The van der Waals surface area contributed by atoms with Crippen LogP contribution in [0.5, 0.6) is 0 Å². The molecule has 5 heteroatoms. The summed E-state index contributed by atoms with van der Waals surface area (Å²) in [6.45, 7) is 20.0. The van der Waals surface area contributed by atoms with E-state index in [1.807, 2.05) is 0 Å². The summed E-state index contributed by atoms with van der Waals surface area (Å²) in [5.41, 5.74) is 5.87. The first kappa shape index (κ1) is 25.9. The van der Waals surface area contributed by atoms with E-state index in [0.29, 0.717) is 5.92 Å². The summed E-state index contributed by atoms with van der Waals surface area (Å²) in [6, 6.07) is 0. The Balaban J connectivity index is -0.000000429. The minimum Gasteiger partial charge on any atom is -1.00 e. The van der Waals surface area contributed by atoms with Gasteiger partial charge in [-0.2, -0.15) is 5.70 Å². The Morgan fingerprint density at radius 3 is 1.55 bits per heavy atom. The van der Waals surface area contributed by atoms with Crippen LogP contribution in [0, 0.1) is 5.92 Å². The number of nitrogens with zero attached hydrogens (tertiary/aromatic N) is 1. The van der Waals surface area contributed by atoms with Crippen molar-refractivity contribution in [3.63, 3.8) is 0 Å². The van der Waals surface area contributed by atoms with Crippen LogP contribution in [0.1, 0.15) is 48.5 Å². The minimum absolute atomic E-state index is 0. The molecule has 1 nitrogen and oxygen atoms in total. The van der Waals surface area contributed by atoms with Gasteiger partial charge in [0.25, 0.3) is 0 Å². The molecule has 1 unspecified atom stereocenters. The Labute approximate surface area is 153 Å². The summed E-state index contributed by atoms with van der Waals surface area (Å²) in [6.07, 6.45) is 0. The molecule has 0 radical (unpaired) electrons. The van der Waals surface area contributed by atoms with Gasteiger partial charge in [-0.25, -0.2) is 0 Å². The molecule has 0 N–H and O–H groups in total. The maximum atomic E-state index is 4.81. The molecule has 0 saturated carbocycles. The third kappa shape index (κ3) is 9.06. The first-order chi connectivity index (χ1) is 7.97. The zero-order chi connectivity index (χ0) is 14.7. The van der Waals surface area contributed by atoms with Crippen LogP contribution < -0.4 is 24.8 Å². The predicted molar refractivity (Wildman–Crippen MR) is 80.8 cm³/mol. The standard InChI is InChI=1S/C13H22N.C2H6Si.2ClH.Hf/c1-8-9(2)11(4)12(10(8)3)14-13(5,6)7;1-3-2;;;/h10H,1-7H3;1-2H3;2*1H;/q-1;;;;+2/p-2. The molecule has 20 heavy (non-hydrogen) atoms. The Hall–Kier alpha value is 0.947. The van der Waals surface area contributed by atoms with Crippen LogP contribution in [0.4, 0.5) is 0 Å². The molecule has 0 aromatic heterocycles. The van der Waals surface area contributed by atoms with Crippen LogP contribution in [-0.4, -0.2) is 11.0 Å². The van der Waals surface area contributed by atoms with Crippen molar-refractivity contribution >= 4 is 5.49 Å². The number of rotatable bonds is 1. The summed E-state index contributed by atoms with van der Waals surface area (Å²) in [5.74, 6) is 0.509. The van der Waals surface area contributed by atoms with Gasteiger partial charge in [0.1, 0.15) is 0 Å². The van der Waals surface area contributed by atoms with Crippen molar-refractivity contribution in [2.75, 3.05) is 0 Å². The second-order valence-corrected chi connectivity index (χ2v) is 19.1. The molecule has 0 bridgehead atoms. The third-order valence-corrected chi connectivity index (χ3v) is 3.05. The molecule has 0 aromatic rings. The van der Waals surface area contributed by atoms with E-state index in [1.165, 1.54) is 45.4 Å². The molecule has 0 aliphatic heterocycles. The molecule has 116 valence electrons. The van der Waals surface area contributed by atoms with Gasteiger partial charge in [-0.05, 0) is 26.7 Å². The monoisotopic (exact) mass is 500 g/mol. The molecule has 1 rings (SSSR count). The second kappa shape index (κ2) is 10.6. The molecular formula is C15H28Cl2HfNSi-. The Morgan fingerprint density at radius 2 is 1.35 bits per heavy atom. The van der Waals surface area contributed by atoms with Gasteiger partial charge in [0.15, 0.2) is 0 Å². The van der Waals surface area contributed by atoms with E-state index in [-0.39, 0.29) is 35.8 Å². The van der Waals surface area contributed by atoms with E-state index in [1.54, 1.807) is 0 Å². The summed E-state index contributed by atoms with van der Waals surface area (Å²) in [5, 5.41) is 4.81. The van der Waals surface area contributed by atoms with E-state index in [9.17, 15) is 0 Å². The Kier molecular flexibility index (Phi) is 13.8. The number of hydrogen-bond acceptors (Lipinski definition) is 0. The van der Waals surface area contributed by atoms with Crippen molar-refractivity contribution in [3.8, 4) is 0 Å². The van der Waals surface area contributed by atoms with E-state index in [2.05, 4.69) is 61.6 Å². The number of hydrogen-bond donors (Lipinski definition) is 0. The van der Waals surface area contributed by atoms with E-state index < -0.39 is 0 Å². The molecular weight excluding hydrogens is 472 g/mol. The molecule has 0 amide bonds. The van der Waals surface area contributed by atoms with E-state index >= 15 is 0 Å². The molecule has 0 heterocycles. The van der Waals surface area contributed by atoms with Crippen molar-refractivity contribution in [2.45, 2.75) is 67.1 Å². The van der Waals surface area contributed by atoms with Crippen LogP contribution in [0.2, 0.25) is 13.1 Å². The molecule has 1 aliphatic rings. The van der Waals surface area contributed by atoms with Crippen LogP contribution >= 0.6 is 0 Å². The predicted octanol–water partition coefficient (Wildman–Crippen LogP) is -0.789. The minimum atomic E-state index is 0. The number of allylic oxidation sites excluding steroid dienone is 3. The van der Waals surface area contributed by atoms with Crippen LogP contribution in [-0.2, 0) is 23.0 Å². The van der Waals surface area contributed by atoms with Gasteiger partial charge < -0.3 is 30.1 Å². The van der Waals surface area contributed by atoms with Crippen LogP contribution in [0.25, 0.3) is 5.32 Å². The summed E-state index contributed by atoms with van der Waals surface area (Å²) in [7, 11) is 0. The summed E-state index contributed by atoms with van der Waals surface area (Å²) < 4.78 is 0. The average Bonchev–Trinajstić information content (AvgIpc) is 2.33. The zero-order valence-electron chi connectivity index (χ0n) is 14.3. The van der Waals surface area contributed by atoms with Gasteiger partial charge in [0.2, 0.25) is 0 Å². The van der Waals surface area contributed by atoms with Crippen molar-refractivity contribution in [1.29, 1.82) is 0 Å². The fourth-order valence-corrected chi connectivity index (χ4v) is 1.88.